The normalized spacial score (nSPS) is 16.5. The first-order chi connectivity index (χ1) is 12.4. The molecule has 0 fully saturated rings. The zero-order valence-electron chi connectivity index (χ0n) is 15.8. The smallest absolute Gasteiger partial charge is 0.273 e. The quantitative estimate of drug-likeness (QED) is 0.913. The van der Waals surface area contributed by atoms with E-state index in [1.54, 1.807) is 13.2 Å². The Morgan fingerprint density at radius 2 is 2.12 bits per heavy atom. The first-order valence-electron chi connectivity index (χ1n) is 9.00. The van der Waals surface area contributed by atoms with Crippen LogP contribution in [0.4, 0.5) is 5.95 Å². The van der Waals surface area contributed by atoms with Gasteiger partial charge in [-0.3, -0.25) is 4.79 Å². The predicted octanol–water partition coefficient (Wildman–Crippen LogP) is 3.03. The maximum Gasteiger partial charge on any atom is 0.273 e. The first kappa shape index (κ1) is 18.2. The number of ether oxygens (including phenoxy) is 1. The minimum Gasteiger partial charge on any atom is -0.497 e. The fourth-order valence-electron chi connectivity index (χ4n) is 3.49. The number of nitrogens with zero attached hydrogens (tertiary/aromatic N) is 3. The zero-order valence-corrected chi connectivity index (χ0v) is 15.8. The molecule has 0 saturated heterocycles. The van der Waals surface area contributed by atoms with Crippen LogP contribution in [0.15, 0.2) is 24.3 Å². The second-order valence-corrected chi connectivity index (χ2v) is 7.19. The molecule has 2 N–H and O–H groups in total. The van der Waals surface area contributed by atoms with Crippen LogP contribution in [0.2, 0.25) is 0 Å². The van der Waals surface area contributed by atoms with Gasteiger partial charge in [-0.25, -0.2) is 9.97 Å². The monoisotopic (exact) mass is 354 g/mol. The number of rotatable bonds is 4. The summed E-state index contributed by atoms with van der Waals surface area (Å²) >= 11 is 0. The van der Waals surface area contributed by atoms with Crippen molar-refractivity contribution in [3.8, 4) is 5.75 Å². The fourth-order valence-corrected chi connectivity index (χ4v) is 3.49. The number of anilines is 1. The number of benzene rings is 1. The van der Waals surface area contributed by atoms with Gasteiger partial charge < -0.3 is 15.4 Å². The summed E-state index contributed by atoms with van der Waals surface area (Å²) in [5.41, 5.74) is 9.39. The van der Waals surface area contributed by atoms with Gasteiger partial charge in [-0.1, -0.05) is 19.9 Å². The summed E-state index contributed by atoms with van der Waals surface area (Å²) in [5, 5.41) is 0. The molecule has 0 spiro atoms. The number of fused-ring (bicyclic) bond motifs is 1. The van der Waals surface area contributed by atoms with E-state index in [1.165, 1.54) is 5.56 Å². The van der Waals surface area contributed by atoms with Crippen molar-refractivity contribution < 1.29 is 9.53 Å². The average molecular weight is 354 g/mol. The van der Waals surface area contributed by atoms with Gasteiger partial charge in [-0.05, 0) is 55.0 Å². The molecule has 1 amide bonds. The molecule has 0 bridgehead atoms. The summed E-state index contributed by atoms with van der Waals surface area (Å²) in [4.78, 5) is 23.4. The molecule has 6 heteroatoms. The Morgan fingerprint density at radius 1 is 1.35 bits per heavy atom. The van der Waals surface area contributed by atoms with E-state index in [0.29, 0.717) is 18.2 Å². The van der Waals surface area contributed by atoms with Crippen LogP contribution >= 0.6 is 0 Å². The van der Waals surface area contributed by atoms with Gasteiger partial charge in [0.05, 0.1) is 13.2 Å². The van der Waals surface area contributed by atoms with Crippen LogP contribution in [-0.4, -0.2) is 34.4 Å². The van der Waals surface area contributed by atoms with E-state index in [-0.39, 0.29) is 17.9 Å². The number of nitrogens with two attached hydrogens (primary N) is 1. The highest BCUT2D eigenvalue weighted by atomic mass is 16.5. The lowest BCUT2D eigenvalue weighted by Crippen LogP contribution is -2.39. The lowest BCUT2D eigenvalue weighted by molar-refractivity contribution is 0.0671. The van der Waals surface area contributed by atoms with Gasteiger partial charge in [0, 0.05) is 12.2 Å². The highest BCUT2D eigenvalue weighted by molar-refractivity contribution is 5.93. The first-order valence-corrected chi connectivity index (χ1v) is 9.00. The molecule has 26 heavy (non-hydrogen) atoms. The summed E-state index contributed by atoms with van der Waals surface area (Å²) in [7, 11) is 1.65. The standard InChI is InChI=1S/C20H26N4O2/c1-12(2)9-15-10-18(23-20(21)22-15)19(25)24-8-7-14-5-6-16(26-4)11-17(14)13(24)3/h5-6,10-13H,7-9H2,1-4H3,(H2,21,22,23). The van der Waals surface area contributed by atoms with Crippen molar-refractivity contribution in [2.75, 3.05) is 19.4 Å². The Labute approximate surface area is 154 Å². The van der Waals surface area contributed by atoms with Crippen molar-refractivity contribution in [3.63, 3.8) is 0 Å². The Hall–Kier alpha value is -2.63. The third-order valence-corrected chi connectivity index (χ3v) is 4.79. The number of nitrogen functional groups attached to an aromatic ring is 1. The molecule has 138 valence electrons. The maximum atomic E-state index is 13.1. The zero-order chi connectivity index (χ0) is 18.8. The molecule has 0 aliphatic carbocycles. The van der Waals surface area contributed by atoms with Gasteiger partial charge in [0.1, 0.15) is 11.4 Å². The molecule has 0 radical (unpaired) electrons. The predicted molar refractivity (Wildman–Crippen MR) is 101 cm³/mol. The molecule has 1 atom stereocenters. The Bertz CT molecular complexity index is 819. The van der Waals surface area contributed by atoms with Gasteiger partial charge in [0.2, 0.25) is 5.95 Å². The van der Waals surface area contributed by atoms with Crippen molar-refractivity contribution in [1.29, 1.82) is 0 Å². The van der Waals surface area contributed by atoms with Crippen LogP contribution in [-0.2, 0) is 12.8 Å². The Kier molecular flexibility index (Phi) is 5.11. The summed E-state index contributed by atoms with van der Waals surface area (Å²) < 4.78 is 5.34. The minimum absolute atomic E-state index is 0.0499. The number of carbonyl (C=O) groups excluding carboxylic acids is 1. The lowest BCUT2D eigenvalue weighted by atomic mass is 9.93. The van der Waals surface area contributed by atoms with E-state index in [1.807, 2.05) is 24.0 Å². The molecular weight excluding hydrogens is 328 g/mol. The number of methoxy groups -OCH3 is 1. The second kappa shape index (κ2) is 7.32. The third-order valence-electron chi connectivity index (χ3n) is 4.79. The van der Waals surface area contributed by atoms with E-state index in [4.69, 9.17) is 10.5 Å². The summed E-state index contributed by atoms with van der Waals surface area (Å²) in [6.45, 7) is 6.91. The van der Waals surface area contributed by atoms with Crippen molar-refractivity contribution in [2.45, 2.75) is 39.7 Å². The fraction of sp³-hybridized carbons (Fsp3) is 0.450. The van der Waals surface area contributed by atoms with E-state index < -0.39 is 0 Å². The molecule has 0 saturated carbocycles. The number of amides is 1. The van der Waals surface area contributed by atoms with E-state index in [0.717, 1.165) is 29.8 Å². The van der Waals surface area contributed by atoms with Crippen LogP contribution in [0.1, 0.15) is 54.1 Å². The largest absolute Gasteiger partial charge is 0.497 e. The molecule has 1 aliphatic rings. The van der Waals surface area contributed by atoms with Crippen LogP contribution < -0.4 is 10.5 Å². The van der Waals surface area contributed by atoms with Crippen LogP contribution in [0.5, 0.6) is 5.75 Å². The second-order valence-electron chi connectivity index (χ2n) is 7.19. The van der Waals surface area contributed by atoms with Crippen molar-refractivity contribution in [2.24, 2.45) is 5.92 Å². The molecule has 6 nitrogen and oxygen atoms in total. The maximum absolute atomic E-state index is 13.1. The molecule has 1 aromatic carbocycles. The summed E-state index contributed by atoms with van der Waals surface area (Å²) in [5.74, 6) is 1.28. The molecule has 2 aromatic rings. The third kappa shape index (κ3) is 3.64. The number of hydrogen-bond acceptors (Lipinski definition) is 5. The van der Waals surface area contributed by atoms with Gasteiger partial charge in [-0.15, -0.1) is 0 Å². The van der Waals surface area contributed by atoms with E-state index in [9.17, 15) is 4.79 Å². The summed E-state index contributed by atoms with van der Waals surface area (Å²) in [6.07, 6.45) is 1.58. The van der Waals surface area contributed by atoms with Gasteiger partial charge in [0.25, 0.3) is 5.91 Å². The van der Waals surface area contributed by atoms with Crippen LogP contribution in [0.3, 0.4) is 0 Å². The number of carbonyl (C=O) groups is 1. The highest BCUT2D eigenvalue weighted by Gasteiger charge is 2.29. The van der Waals surface area contributed by atoms with Crippen molar-refractivity contribution >= 4 is 11.9 Å². The molecular formula is C20H26N4O2. The Balaban J connectivity index is 1.89. The lowest BCUT2D eigenvalue weighted by Gasteiger charge is -2.35. The molecule has 2 heterocycles. The van der Waals surface area contributed by atoms with Gasteiger partial charge in [-0.2, -0.15) is 0 Å². The number of aromatic nitrogens is 2. The highest BCUT2D eigenvalue weighted by Crippen LogP contribution is 2.33. The van der Waals surface area contributed by atoms with Crippen LogP contribution in [0.25, 0.3) is 0 Å². The minimum atomic E-state index is -0.106. The van der Waals surface area contributed by atoms with Crippen LogP contribution in [0, 0.1) is 5.92 Å². The molecule has 1 aliphatic heterocycles. The molecule has 1 aromatic heterocycles. The van der Waals surface area contributed by atoms with E-state index in [2.05, 4.69) is 29.9 Å². The van der Waals surface area contributed by atoms with Gasteiger partial charge in [0.15, 0.2) is 0 Å². The summed E-state index contributed by atoms with van der Waals surface area (Å²) in [6, 6.07) is 7.78. The molecule has 1 unspecified atom stereocenters. The van der Waals surface area contributed by atoms with E-state index >= 15 is 0 Å². The average Bonchev–Trinajstić information content (AvgIpc) is 2.60. The van der Waals surface area contributed by atoms with Crippen molar-refractivity contribution in [3.05, 3.63) is 46.8 Å². The Morgan fingerprint density at radius 3 is 2.81 bits per heavy atom. The topological polar surface area (TPSA) is 81.3 Å². The number of hydrogen-bond donors (Lipinski definition) is 1. The van der Waals surface area contributed by atoms with Gasteiger partial charge >= 0.3 is 0 Å². The molecule has 3 rings (SSSR count). The van der Waals surface area contributed by atoms with Crippen molar-refractivity contribution in [1.82, 2.24) is 14.9 Å². The SMILES string of the molecule is COc1ccc2c(c1)C(C)N(C(=O)c1cc(CC(C)C)nc(N)n1)CC2.